The van der Waals surface area contributed by atoms with Gasteiger partial charge in [0.15, 0.2) is 11.6 Å². The summed E-state index contributed by atoms with van der Waals surface area (Å²) in [5.41, 5.74) is 0.642. The van der Waals surface area contributed by atoms with Crippen molar-refractivity contribution in [2.24, 2.45) is 0 Å². The van der Waals surface area contributed by atoms with Gasteiger partial charge in [0.05, 0.1) is 19.9 Å². The highest BCUT2D eigenvalue weighted by Crippen LogP contribution is 2.18. The van der Waals surface area contributed by atoms with Crippen molar-refractivity contribution in [3.05, 3.63) is 41.1 Å². The Morgan fingerprint density at radius 2 is 2.16 bits per heavy atom. The minimum Gasteiger partial charge on any atom is -0.467 e. The van der Waals surface area contributed by atoms with Crippen LogP contribution < -0.4 is 9.80 Å². The SMILES string of the molecule is COc1ncc(F)c(N(O)Cc2ccc(Cl)nc2)n1. The Labute approximate surface area is 113 Å². The molecule has 0 saturated heterocycles. The third kappa shape index (κ3) is 3.27. The molecule has 0 atom stereocenters. The second-order valence-electron chi connectivity index (χ2n) is 3.58. The zero-order valence-corrected chi connectivity index (χ0v) is 10.7. The molecule has 0 aliphatic carbocycles. The molecule has 0 saturated carbocycles. The summed E-state index contributed by atoms with van der Waals surface area (Å²) in [6, 6.07) is 3.20. The number of rotatable bonds is 4. The number of hydrogen-bond donors (Lipinski definition) is 1. The molecule has 0 spiro atoms. The van der Waals surface area contributed by atoms with Crippen LogP contribution in [0.1, 0.15) is 5.56 Å². The molecule has 0 unspecified atom stereocenters. The number of pyridine rings is 1. The van der Waals surface area contributed by atoms with E-state index in [9.17, 15) is 9.60 Å². The minimum absolute atomic E-state index is 0.00125. The van der Waals surface area contributed by atoms with E-state index >= 15 is 0 Å². The fourth-order valence-electron chi connectivity index (χ4n) is 1.37. The van der Waals surface area contributed by atoms with Crippen molar-refractivity contribution in [1.29, 1.82) is 0 Å². The molecule has 0 radical (unpaired) electrons. The summed E-state index contributed by atoms with van der Waals surface area (Å²) >= 11 is 5.65. The lowest BCUT2D eigenvalue weighted by atomic mass is 10.3. The maximum Gasteiger partial charge on any atom is 0.318 e. The summed E-state index contributed by atoms with van der Waals surface area (Å²) in [6.45, 7) is 0.00125. The van der Waals surface area contributed by atoms with Gasteiger partial charge in [-0.1, -0.05) is 17.7 Å². The lowest BCUT2D eigenvalue weighted by Crippen LogP contribution is -2.20. The molecular formula is C11H10ClFN4O2. The maximum absolute atomic E-state index is 13.5. The van der Waals surface area contributed by atoms with Crippen LogP contribution in [0.2, 0.25) is 5.15 Å². The Bertz CT molecular complexity index is 567. The number of anilines is 1. The van der Waals surface area contributed by atoms with Gasteiger partial charge < -0.3 is 4.74 Å². The Hall–Kier alpha value is -1.99. The van der Waals surface area contributed by atoms with Gasteiger partial charge in [0.2, 0.25) is 0 Å². The molecule has 0 bridgehead atoms. The van der Waals surface area contributed by atoms with Crippen molar-refractivity contribution in [2.75, 3.05) is 12.2 Å². The molecular weight excluding hydrogens is 275 g/mol. The van der Waals surface area contributed by atoms with E-state index in [0.29, 0.717) is 15.8 Å². The third-order valence-corrected chi connectivity index (χ3v) is 2.48. The molecule has 0 aliphatic heterocycles. The summed E-state index contributed by atoms with van der Waals surface area (Å²) in [4.78, 5) is 11.2. The smallest absolute Gasteiger partial charge is 0.318 e. The van der Waals surface area contributed by atoms with Crippen LogP contribution in [-0.4, -0.2) is 27.3 Å². The van der Waals surface area contributed by atoms with Crippen molar-refractivity contribution in [3.63, 3.8) is 0 Å². The molecule has 19 heavy (non-hydrogen) atoms. The van der Waals surface area contributed by atoms with Crippen LogP contribution >= 0.6 is 11.6 Å². The zero-order valence-electron chi connectivity index (χ0n) is 9.92. The summed E-state index contributed by atoms with van der Waals surface area (Å²) in [7, 11) is 1.35. The molecule has 0 aromatic carbocycles. The van der Waals surface area contributed by atoms with E-state index in [4.69, 9.17) is 16.3 Å². The van der Waals surface area contributed by atoms with E-state index < -0.39 is 5.82 Å². The van der Waals surface area contributed by atoms with Gasteiger partial charge in [-0.05, 0) is 11.6 Å². The Morgan fingerprint density at radius 3 is 2.79 bits per heavy atom. The average Bonchev–Trinajstić information content (AvgIpc) is 2.42. The van der Waals surface area contributed by atoms with E-state index in [2.05, 4.69) is 15.0 Å². The minimum atomic E-state index is -0.759. The first-order valence-corrected chi connectivity index (χ1v) is 5.61. The largest absolute Gasteiger partial charge is 0.467 e. The van der Waals surface area contributed by atoms with Crippen LogP contribution in [0, 0.1) is 5.82 Å². The van der Waals surface area contributed by atoms with Crippen LogP contribution in [0.3, 0.4) is 0 Å². The summed E-state index contributed by atoms with van der Waals surface area (Å²) in [6.07, 6.45) is 2.40. The Balaban J connectivity index is 2.19. The van der Waals surface area contributed by atoms with E-state index in [1.165, 1.54) is 13.3 Å². The van der Waals surface area contributed by atoms with Gasteiger partial charge >= 0.3 is 6.01 Å². The standard InChI is InChI=1S/C11H10ClFN4O2/c1-19-11-15-5-8(13)10(16-11)17(18)6-7-2-3-9(12)14-4-7/h2-5,18H,6H2,1H3. The zero-order chi connectivity index (χ0) is 13.8. The normalized spacial score (nSPS) is 10.3. The van der Waals surface area contributed by atoms with E-state index in [-0.39, 0.29) is 18.4 Å². The van der Waals surface area contributed by atoms with Crippen LogP contribution in [0.25, 0.3) is 0 Å². The molecule has 1 N–H and O–H groups in total. The summed E-state index contributed by atoms with van der Waals surface area (Å²) in [5, 5.41) is 10.8. The number of hydroxylamine groups is 1. The van der Waals surface area contributed by atoms with E-state index in [1.54, 1.807) is 12.1 Å². The number of aromatic nitrogens is 3. The van der Waals surface area contributed by atoms with Crippen LogP contribution in [0.5, 0.6) is 6.01 Å². The van der Waals surface area contributed by atoms with E-state index in [0.717, 1.165) is 6.20 Å². The first kappa shape index (κ1) is 13.4. The number of hydrogen-bond acceptors (Lipinski definition) is 6. The summed E-state index contributed by atoms with van der Waals surface area (Å²) in [5.74, 6) is -1.04. The monoisotopic (exact) mass is 284 g/mol. The molecule has 0 aliphatic rings. The van der Waals surface area contributed by atoms with Crippen molar-refractivity contribution < 1.29 is 14.3 Å². The molecule has 8 heteroatoms. The van der Waals surface area contributed by atoms with E-state index in [1.807, 2.05) is 0 Å². The third-order valence-electron chi connectivity index (χ3n) is 2.25. The second-order valence-corrected chi connectivity index (χ2v) is 3.96. The predicted molar refractivity (Wildman–Crippen MR) is 65.8 cm³/mol. The first-order valence-electron chi connectivity index (χ1n) is 5.23. The highest BCUT2D eigenvalue weighted by atomic mass is 35.5. The lowest BCUT2D eigenvalue weighted by Gasteiger charge is -2.16. The first-order chi connectivity index (χ1) is 9.10. The second kappa shape index (κ2) is 5.77. The maximum atomic E-state index is 13.5. The van der Waals surface area contributed by atoms with Crippen LogP contribution in [0.15, 0.2) is 24.5 Å². The quantitative estimate of drug-likeness (QED) is 0.684. The Morgan fingerprint density at radius 1 is 1.37 bits per heavy atom. The topological polar surface area (TPSA) is 71.4 Å². The number of nitrogens with zero attached hydrogens (tertiary/aromatic N) is 4. The van der Waals surface area contributed by atoms with Gasteiger partial charge in [0, 0.05) is 6.20 Å². The molecule has 100 valence electrons. The fourth-order valence-corrected chi connectivity index (χ4v) is 1.48. The summed E-state index contributed by atoms with van der Waals surface area (Å²) < 4.78 is 18.3. The lowest BCUT2D eigenvalue weighted by molar-refractivity contribution is 0.240. The number of ether oxygens (including phenoxy) is 1. The molecule has 2 aromatic rings. The van der Waals surface area contributed by atoms with Gasteiger partial charge in [-0.25, -0.2) is 19.4 Å². The van der Waals surface area contributed by atoms with Crippen molar-refractivity contribution in [1.82, 2.24) is 15.0 Å². The van der Waals surface area contributed by atoms with Gasteiger partial charge in [-0.2, -0.15) is 4.98 Å². The van der Waals surface area contributed by atoms with Crippen molar-refractivity contribution >= 4 is 17.4 Å². The predicted octanol–water partition coefficient (Wildman–Crippen LogP) is 2.07. The van der Waals surface area contributed by atoms with Gasteiger partial charge in [-0.3, -0.25) is 5.21 Å². The molecule has 0 fully saturated rings. The molecule has 2 rings (SSSR count). The van der Waals surface area contributed by atoms with Gasteiger partial charge in [0.25, 0.3) is 0 Å². The number of methoxy groups -OCH3 is 1. The fraction of sp³-hybridized carbons (Fsp3) is 0.182. The molecule has 6 nitrogen and oxygen atoms in total. The van der Waals surface area contributed by atoms with Crippen LogP contribution in [0.4, 0.5) is 10.2 Å². The number of halogens is 2. The highest BCUT2D eigenvalue weighted by Gasteiger charge is 2.14. The van der Waals surface area contributed by atoms with Crippen LogP contribution in [-0.2, 0) is 6.54 Å². The van der Waals surface area contributed by atoms with Gasteiger partial charge in [-0.15, -0.1) is 0 Å². The van der Waals surface area contributed by atoms with Crippen molar-refractivity contribution in [3.8, 4) is 6.01 Å². The molecule has 2 heterocycles. The van der Waals surface area contributed by atoms with Gasteiger partial charge in [0.1, 0.15) is 5.15 Å². The molecule has 0 amide bonds. The Kier molecular flexibility index (Phi) is 4.08. The average molecular weight is 285 g/mol. The van der Waals surface area contributed by atoms with Crippen molar-refractivity contribution in [2.45, 2.75) is 6.54 Å². The molecule has 2 aromatic heterocycles. The highest BCUT2D eigenvalue weighted by molar-refractivity contribution is 6.29.